The Morgan fingerprint density at radius 3 is 2.81 bits per heavy atom. The predicted molar refractivity (Wildman–Crippen MR) is 132 cm³/mol. The van der Waals surface area contributed by atoms with E-state index in [1.54, 1.807) is 25.4 Å². The second-order valence-electron chi connectivity index (χ2n) is 8.00. The molecule has 6 aromatic rings. The zero-order valence-electron chi connectivity index (χ0n) is 19.0. The molecule has 3 N–H and O–H groups in total. The number of aromatic nitrogens is 8. The fourth-order valence-electron chi connectivity index (χ4n) is 3.99. The van der Waals surface area contributed by atoms with Crippen molar-refractivity contribution >= 4 is 33.7 Å². The molecule has 0 fully saturated rings. The number of carbonyl (C=O) groups excluding carboxylic acids is 1. The van der Waals surface area contributed by atoms with E-state index in [4.69, 9.17) is 0 Å². The number of imidazole rings is 1. The SMILES string of the molecule is CCC(=O)Nc1cncc(-c2ncc3[nH]nc(-c4nc5nccc(-c6ccccn6)c5[nH]4)c3c2F)c1. The predicted octanol–water partition coefficient (Wildman–Crippen LogP) is 4.51. The number of rotatable bonds is 5. The van der Waals surface area contributed by atoms with Gasteiger partial charge in [-0.3, -0.25) is 24.8 Å². The van der Waals surface area contributed by atoms with Crippen LogP contribution in [0.25, 0.3) is 56.1 Å². The van der Waals surface area contributed by atoms with Crippen molar-refractivity contribution in [2.45, 2.75) is 13.3 Å². The first-order chi connectivity index (χ1) is 17.6. The van der Waals surface area contributed by atoms with Gasteiger partial charge in [-0.2, -0.15) is 5.10 Å². The molecule has 0 aliphatic heterocycles. The minimum absolute atomic E-state index is 0.0775. The maximum absolute atomic E-state index is 15.9. The third-order valence-corrected chi connectivity index (χ3v) is 5.72. The molecule has 0 aliphatic rings. The second kappa shape index (κ2) is 8.62. The highest BCUT2D eigenvalue weighted by Gasteiger charge is 2.21. The number of aromatic amines is 2. The van der Waals surface area contributed by atoms with Crippen LogP contribution in [0, 0.1) is 5.82 Å². The summed E-state index contributed by atoms with van der Waals surface area (Å²) in [6.45, 7) is 1.75. The van der Waals surface area contributed by atoms with E-state index in [-0.39, 0.29) is 17.0 Å². The molecule has 0 bridgehead atoms. The highest BCUT2D eigenvalue weighted by atomic mass is 19.1. The zero-order chi connectivity index (χ0) is 24.6. The Hall–Kier alpha value is -5.06. The smallest absolute Gasteiger partial charge is 0.224 e. The summed E-state index contributed by atoms with van der Waals surface area (Å²) in [6.07, 6.45) is 8.17. The van der Waals surface area contributed by atoms with Crippen molar-refractivity contribution in [3.63, 3.8) is 0 Å². The average molecular weight is 479 g/mol. The molecule has 36 heavy (non-hydrogen) atoms. The molecule has 0 atom stereocenters. The lowest BCUT2D eigenvalue weighted by Gasteiger charge is -2.07. The monoisotopic (exact) mass is 479 g/mol. The zero-order valence-corrected chi connectivity index (χ0v) is 19.0. The number of anilines is 1. The van der Waals surface area contributed by atoms with Gasteiger partial charge in [0.2, 0.25) is 5.91 Å². The fraction of sp³-hybridized carbons (Fsp3) is 0.0800. The standard InChI is InChI=1S/C25H18FN9O/c1-2-18(36)31-14-9-13(10-27-11-14)21-20(26)19-17(12-30-21)34-35-23(19)25-32-22-15(6-8-29-24(22)33-25)16-5-3-4-7-28-16/h3-12H,2H2,1H3,(H,31,36)(H,34,35)(H,29,32,33). The van der Waals surface area contributed by atoms with E-state index in [0.717, 1.165) is 11.3 Å². The number of hydrogen-bond donors (Lipinski definition) is 3. The van der Waals surface area contributed by atoms with Gasteiger partial charge in [0.15, 0.2) is 17.3 Å². The van der Waals surface area contributed by atoms with Gasteiger partial charge in [-0.05, 0) is 24.3 Å². The van der Waals surface area contributed by atoms with E-state index in [1.165, 1.54) is 18.6 Å². The number of H-pyrrole nitrogens is 2. The van der Waals surface area contributed by atoms with Crippen LogP contribution in [0.1, 0.15) is 13.3 Å². The van der Waals surface area contributed by atoms with Crippen LogP contribution in [0.3, 0.4) is 0 Å². The van der Waals surface area contributed by atoms with Crippen LogP contribution in [0.15, 0.2) is 61.3 Å². The first-order valence-electron chi connectivity index (χ1n) is 11.2. The van der Waals surface area contributed by atoms with Crippen molar-refractivity contribution in [3.05, 3.63) is 67.1 Å². The Balaban J connectivity index is 1.47. The maximum Gasteiger partial charge on any atom is 0.224 e. The van der Waals surface area contributed by atoms with Crippen molar-refractivity contribution in [2.75, 3.05) is 5.32 Å². The Morgan fingerprint density at radius 1 is 1.06 bits per heavy atom. The third kappa shape index (κ3) is 3.63. The number of amides is 1. The fourth-order valence-corrected chi connectivity index (χ4v) is 3.99. The van der Waals surface area contributed by atoms with Crippen molar-refractivity contribution < 1.29 is 9.18 Å². The van der Waals surface area contributed by atoms with Gasteiger partial charge >= 0.3 is 0 Å². The number of nitrogens with zero attached hydrogens (tertiary/aromatic N) is 6. The van der Waals surface area contributed by atoms with Gasteiger partial charge in [0.05, 0.1) is 40.2 Å². The quantitative estimate of drug-likeness (QED) is 0.331. The van der Waals surface area contributed by atoms with Crippen LogP contribution < -0.4 is 5.32 Å². The number of pyridine rings is 4. The van der Waals surface area contributed by atoms with Crippen molar-refractivity contribution in [1.82, 2.24) is 40.1 Å². The molecule has 11 heteroatoms. The van der Waals surface area contributed by atoms with E-state index in [1.807, 2.05) is 24.3 Å². The van der Waals surface area contributed by atoms with Crippen LogP contribution in [-0.4, -0.2) is 46.0 Å². The van der Waals surface area contributed by atoms with Gasteiger partial charge in [0.1, 0.15) is 11.4 Å². The lowest BCUT2D eigenvalue weighted by atomic mass is 10.1. The first-order valence-corrected chi connectivity index (χ1v) is 11.2. The van der Waals surface area contributed by atoms with Crippen LogP contribution in [0.4, 0.5) is 10.1 Å². The minimum atomic E-state index is -0.588. The van der Waals surface area contributed by atoms with E-state index in [9.17, 15) is 4.79 Å². The summed E-state index contributed by atoms with van der Waals surface area (Å²) in [4.78, 5) is 36.7. The Labute approximate surface area is 203 Å². The average Bonchev–Trinajstić information content (AvgIpc) is 3.54. The van der Waals surface area contributed by atoms with Gasteiger partial charge in [-0.1, -0.05) is 13.0 Å². The molecule has 0 aliphatic carbocycles. The molecule has 176 valence electrons. The summed E-state index contributed by atoms with van der Waals surface area (Å²) in [5.41, 5.74) is 4.35. The van der Waals surface area contributed by atoms with Gasteiger partial charge in [0.25, 0.3) is 0 Å². The van der Waals surface area contributed by atoms with E-state index < -0.39 is 5.82 Å². The molecular formula is C25H18FN9O. The lowest BCUT2D eigenvalue weighted by molar-refractivity contribution is -0.115. The van der Waals surface area contributed by atoms with Crippen LogP contribution >= 0.6 is 0 Å². The maximum atomic E-state index is 15.9. The van der Waals surface area contributed by atoms with E-state index >= 15 is 4.39 Å². The molecule has 0 saturated carbocycles. The molecule has 1 amide bonds. The number of fused-ring (bicyclic) bond motifs is 2. The largest absolute Gasteiger partial charge is 0.335 e. The normalized spacial score (nSPS) is 11.3. The summed E-state index contributed by atoms with van der Waals surface area (Å²) in [6, 6.07) is 9.10. The van der Waals surface area contributed by atoms with Gasteiger partial charge in [-0.25, -0.2) is 14.4 Å². The van der Waals surface area contributed by atoms with E-state index in [0.29, 0.717) is 45.9 Å². The molecule has 6 rings (SSSR count). The summed E-state index contributed by atoms with van der Waals surface area (Å²) in [5, 5.41) is 10.1. The van der Waals surface area contributed by atoms with Gasteiger partial charge in [-0.15, -0.1) is 0 Å². The summed E-state index contributed by atoms with van der Waals surface area (Å²) < 4.78 is 15.9. The van der Waals surface area contributed by atoms with Crippen LogP contribution in [0.5, 0.6) is 0 Å². The Morgan fingerprint density at radius 2 is 1.97 bits per heavy atom. The first kappa shape index (κ1) is 21.5. The van der Waals surface area contributed by atoms with Crippen molar-refractivity contribution in [1.29, 1.82) is 0 Å². The van der Waals surface area contributed by atoms with Crippen molar-refractivity contribution in [2.24, 2.45) is 0 Å². The molecule has 10 nitrogen and oxygen atoms in total. The Kier molecular flexibility index (Phi) is 5.14. The molecular weight excluding hydrogens is 461 g/mol. The third-order valence-electron chi connectivity index (χ3n) is 5.72. The van der Waals surface area contributed by atoms with Crippen LogP contribution in [0.2, 0.25) is 0 Å². The van der Waals surface area contributed by atoms with Gasteiger partial charge < -0.3 is 10.3 Å². The minimum Gasteiger partial charge on any atom is -0.335 e. The molecule has 0 radical (unpaired) electrons. The number of hydrogen-bond acceptors (Lipinski definition) is 7. The Bertz CT molecular complexity index is 1740. The molecule has 0 saturated heterocycles. The van der Waals surface area contributed by atoms with E-state index in [2.05, 4.69) is 45.4 Å². The number of nitrogens with one attached hydrogen (secondary N) is 3. The topological polar surface area (TPSA) is 138 Å². The summed E-state index contributed by atoms with van der Waals surface area (Å²) >= 11 is 0. The summed E-state index contributed by atoms with van der Waals surface area (Å²) in [5.74, 6) is -0.404. The number of carbonyl (C=O) groups is 1. The summed E-state index contributed by atoms with van der Waals surface area (Å²) in [7, 11) is 0. The highest BCUT2D eigenvalue weighted by molar-refractivity contribution is 5.97. The van der Waals surface area contributed by atoms with Crippen LogP contribution in [-0.2, 0) is 4.79 Å². The molecule has 0 unspecified atom stereocenters. The number of halogens is 1. The highest BCUT2D eigenvalue weighted by Crippen LogP contribution is 2.34. The van der Waals surface area contributed by atoms with Gasteiger partial charge in [0, 0.05) is 36.1 Å². The molecule has 0 spiro atoms. The van der Waals surface area contributed by atoms with Crippen molar-refractivity contribution in [3.8, 4) is 34.0 Å². The molecule has 0 aromatic carbocycles. The second-order valence-corrected chi connectivity index (χ2v) is 8.00. The lowest BCUT2D eigenvalue weighted by Crippen LogP contribution is -2.09. The molecule has 6 heterocycles. The molecule has 6 aromatic heterocycles.